The summed E-state index contributed by atoms with van der Waals surface area (Å²) in [6.45, 7) is 2.37. The van der Waals surface area contributed by atoms with E-state index >= 15 is 0 Å². The summed E-state index contributed by atoms with van der Waals surface area (Å²) in [6, 6.07) is 13.1. The van der Waals surface area contributed by atoms with Crippen LogP contribution in [0.1, 0.15) is 12.6 Å². The molecule has 0 radical (unpaired) electrons. The molecular weight excluding hydrogens is 280 g/mol. The van der Waals surface area contributed by atoms with Crippen molar-refractivity contribution < 1.29 is 9.84 Å². The Bertz CT molecular complexity index is 739. The van der Waals surface area contributed by atoms with Gasteiger partial charge >= 0.3 is 0 Å². The molecule has 0 fully saturated rings. The number of benzene rings is 1. The van der Waals surface area contributed by atoms with Crippen molar-refractivity contribution in [2.45, 2.75) is 13.5 Å². The Balaban J connectivity index is 2.06. The molecule has 0 saturated carbocycles. The van der Waals surface area contributed by atoms with Gasteiger partial charge in [0.15, 0.2) is 0 Å². The molecule has 2 heterocycles. The van der Waals surface area contributed by atoms with Crippen molar-refractivity contribution in [1.29, 1.82) is 0 Å². The van der Waals surface area contributed by atoms with Crippen LogP contribution in [-0.2, 0) is 6.61 Å². The maximum Gasteiger partial charge on any atom is 0.119 e. The van der Waals surface area contributed by atoms with Crippen molar-refractivity contribution in [2.24, 2.45) is 0 Å². The summed E-state index contributed by atoms with van der Waals surface area (Å²) in [4.78, 5) is 4.33. The lowest BCUT2D eigenvalue weighted by Gasteiger charge is -2.08. The maximum atomic E-state index is 9.49. The van der Waals surface area contributed by atoms with Gasteiger partial charge in [0.25, 0.3) is 0 Å². The highest BCUT2D eigenvalue weighted by Gasteiger charge is 2.16. The third kappa shape index (κ3) is 2.68. The van der Waals surface area contributed by atoms with Crippen LogP contribution >= 0.6 is 0 Å². The van der Waals surface area contributed by atoms with Crippen LogP contribution in [0.25, 0.3) is 17.1 Å². The molecule has 0 aliphatic heterocycles. The van der Waals surface area contributed by atoms with Gasteiger partial charge in [-0.15, -0.1) is 5.10 Å². The summed E-state index contributed by atoms with van der Waals surface area (Å²) in [5.41, 5.74) is 2.72. The first-order valence-electron chi connectivity index (χ1n) is 7.03. The fraction of sp³-hybridized carbons (Fsp3) is 0.188. The molecule has 0 bridgehead atoms. The zero-order valence-corrected chi connectivity index (χ0v) is 12.2. The molecule has 3 rings (SSSR count). The highest BCUT2D eigenvalue weighted by molar-refractivity contribution is 5.60. The lowest BCUT2D eigenvalue weighted by atomic mass is 10.2. The minimum absolute atomic E-state index is 0.192. The Labute approximate surface area is 128 Å². The van der Waals surface area contributed by atoms with Gasteiger partial charge in [-0.2, -0.15) is 0 Å². The number of aliphatic hydroxyl groups excluding tert-OH is 1. The molecule has 22 heavy (non-hydrogen) atoms. The average Bonchev–Trinajstić information content (AvgIpc) is 3.00. The number of nitrogens with zero attached hydrogens (tertiary/aromatic N) is 4. The van der Waals surface area contributed by atoms with E-state index in [0.717, 1.165) is 11.4 Å². The van der Waals surface area contributed by atoms with E-state index < -0.39 is 0 Å². The number of pyridine rings is 1. The van der Waals surface area contributed by atoms with Crippen LogP contribution in [0, 0.1) is 0 Å². The van der Waals surface area contributed by atoms with E-state index in [4.69, 9.17) is 4.74 Å². The van der Waals surface area contributed by atoms with Crippen molar-refractivity contribution >= 4 is 0 Å². The van der Waals surface area contributed by atoms with Gasteiger partial charge in [0.05, 0.1) is 24.6 Å². The van der Waals surface area contributed by atoms with Crippen LogP contribution in [0.15, 0.2) is 48.7 Å². The number of hydrogen-bond donors (Lipinski definition) is 1. The molecular formula is C16H16N4O2. The van der Waals surface area contributed by atoms with Gasteiger partial charge in [-0.25, -0.2) is 4.68 Å². The van der Waals surface area contributed by atoms with Crippen molar-refractivity contribution in [3.8, 4) is 22.8 Å². The molecule has 2 aromatic heterocycles. The highest BCUT2D eigenvalue weighted by atomic mass is 16.5. The Hall–Kier alpha value is -2.73. The standard InChI is InChI=1S/C16H16N4O2/c1-2-22-13-8-6-12(7-9-13)20-16(15(11-21)18-19-20)14-5-3-4-10-17-14/h3-10,21H,2,11H2,1H3. The predicted octanol–water partition coefficient (Wildman–Crippen LogP) is 2.22. The van der Waals surface area contributed by atoms with Crippen LogP contribution < -0.4 is 4.74 Å². The molecule has 0 unspecified atom stereocenters. The molecule has 6 nitrogen and oxygen atoms in total. The molecule has 0 aliphatic rings. The molecule has 0 aliphatic carbocycles. The van der Waals surface area contributed by atoms with Crippen molar-refractivity contribution in [1.82, 2.24) is 20.0 Å². The minimum atomic E-state index is -0.192. The predicted molar refractivity (Wildman–Crippen MR) is 81.7 cm³/mol. The topological polar surface area (TPSA) is 73.1 Å². The Morgan fingerprint density at radius 1 is 1.14 bits per heavy atom. The second-order valence-electron chi connectivity index (χ2n) is 4.60. The summed E-state index contributed by atoms with van der Waals surface area (Å²) in [7, 11) is 0. The maximum absolute atomic E-state index is 9.49. The molecule has 0 atom stereocenters. The van der Waals surface area contributed by atoms with Crippen molar-refractivity contribution in [2.75, 3.05) is 6.61 Å². The van der Waals surface area contributed by atoms with Gasteiger partial charge in [0.2, 0.25) is 0 Å². The van der Waals surface area contributed by atoms with E-state index in [9.17, 15) is 5.11 Å². The average molecular weight is 296 g/mol. The second kappa shape index (κ2) is 6.36. The molecule has 1 N–H and O–H groups in total. The third-order valence-electron chi connectivity index (χ3n) is 3.19. The monoisotopic (exact) mass is 296 g/mol. The Morgan fingerprint density at radius 2 is 1.95 bits per heavy atom. The van der Waals surface area contributed by atoms with Crippen molar-refractivity contribution in [3.63, 3.8) is 0 Å². The normalized spacial score (nSPS) is 10.6. The first-order chi connectivity index (χ1) is 10.8. The first kappa shape index (κ1) is 14.2. The number of aliphatic hydroxyl groups is 1. The van der Waals surface area contributed by atoms with Gasteiger partial charge < -0.3 is 9.84 Å². The minimum Gasteiger partial charge on any atom is -0.494 e. The zero-order chi connectivity index (χ0) is 15.4. The Morgan fingerprint density at radius 3 is 2.59 bits per heavy atom. The van der Waals surface area contributed by atoms with Gasteiger partial charge in [-0.3, -0.25) is 4.98 Å². The van der Waals surface area contributed by atoms with E-state index in [0.29, 0.717) is 23.7 Å². The Kier molecular flexibility index (Phi) is 4.11. The largest absolute Gasteiger partial charge is 0.494 e. The lowest BCUT2D eigenvalue weighted by Crippen LogP contribution is -2.01. The quantitative estimate of drug-likeness (QED) is 0.781. The molecule has 0 amide bonds. The molecule has 112 valence electrons. The van der Waals surface area contributed by atoms with E-state index in [1.54, 1.807) is 10.9 Å². The van der Waals surface area contributed by atoms with E-state index in [1.165, 1.54) is 0 Å². The van der Waals surface area contributed by atoms with Crippen LogP contribution in [0.3, 0.4) is 0 Å². The SMILES string of the molecule is CCOc1ccc(-n2nnc(CO)c2-c2ccccn2)cc1. The summed E-state index contributed by atoms with van der Waals surface area (Å²) >= 11 is 0. The van der Waals surface area contributed by atoms with Gasteiger partial charge in [0, 0.05) is 6.20 Å². The number of rotatable bonds is 5. The fourth-order valence-electron chi connectivity index (χ4n) is 2.21. The molecule has 1 aromatic carbocycles. The number of hydrogen-bond acceptors (Lipinski definition) is 5. The van der Waals surface area contributed by atoms with Gasteiger partial charge in [-0.05, 0) is 43.3 Å². The molecule has 6 heteroatoms. The summed E-state index contributed by atoms with van der Waals surface area (Å²) < 4.78 is 7.11. The van der Waals surface area contributed by atoms with Crippen LogP contribution in [0.4, 0.5) is 0 Å². The third-order valence-corrected chi connectivity index (χ3v) is 3.19. The van der Waals surface area contributed by atoms with Gasteiger partial charge in [0.1, 0.15) is 17.1 Å². The van der Waals surface area contributed by atoms with Crippen LogP contribution in [0.2, 0.25) is 0 Å². The van der Waals surface area contributed by atoms with Gasteiger partial charge in [-0.1, -0.05) is 11.3 Å². The van der Waals surface area contributed by atoms with E-state index in [1.807, 2.05) is 49.4 Å². The van der Waals surface area contributed by atoms with Crippen LogP contribution in [-0.4, -0.2) is 31.7 Å². The smallest absolute Gasteiger partial charge is 0.119 e. The first-order valence-corrected chi connectivity index (χ1v) is 7.03. The van der Waals surface area contributed by atoms with Crippen molar-refractivity contribution in [3.05, 3.63) is 54.4 Å². The summed E-state index contributed by atoms with van der Waals surface area (Å²) in [5, 5.41) is 17.7. The molecule has 0 saturated heterocycles. The number of aromatic nitrogens is 4. The highest BCUT2D eigenvalue weighted by Crippen LogP contribution is 2.24. The second-order valence-corrected chi connectivity index (χ2v) is 4.60. The summed E-state index contributed by atoms with van der Waals surface area (Å²) in [5.74, 6) is 0.799. The van der Waals surface area contributed by atoms with E-state index in [2.05, 4.69) is 15.3 Å². The lowest BCUT2D eigenvalue weighted by molar-refractivity contribution is 0.277. The van der Waals surface area contributed by atoms with Crippen LogP contribution in [0.5, 0.6) is 5.75 Å². The molecule has 0 spiro atoms. The molecule has 3 aromatic rings. The summed E-state index contributed by atoms with van der Waals surface area (Å²) in [6.07, 6.45) is 1.70. The fourth-order valence-corrected chi connectivity index (χ4v) is 2.21. The number of ether oxygens (including phenoxy) is 1. The zero-order valence-electron chi connectivity index (χ0n) is 12.2. The van der Waals surface area contributed by atoms with E-state index in [-0.39, 0.29) is 6.61 Å².